The number of hydrogen-bond donors (Lipinski definition) is 4. The number of likely N-dealkylation sites (tertiary alicyclic amines) is 1. The molecule has 2 aromatic heterocycles. The summed E-state index contributed by atoms with van der Waals surface area (Å²) < 4.78 is 8.08. The maximum Gasteiger partial charge on any atom is 0.320 e. The molecule has 2 fully saturated rings. The largest absolute Gasteiger partial charge is 0.480 e. The van der Waals surface area contributed by atoms with Crippen LogP contribution in [0, 0.1) is 0 Å². The van der Waals surface area contributed by atoms with Gasteiger partial charge in [-0.15, -0.1) is 0 Å². The number of carboxylic acids is 1. The molecule has 6 N–H and O–H groups in total. The molecule has 0 aromatic carbocycles. The van der Waals surface area contributed by atoms with Crippen LogP contribution < -0.4 is 11.5 Å². The van der Waals surface area contributed by atoms with Crippen LogP contribution in [0.1, 0.15) is 45.1 Å². The molecule has 12 nitrogen and oxygen atoms in total. The van der Waals surface area contributed by atoms with Gasteiger partial charge in [0, 0.05) is 25.9 Å². The third-order valence-electron chi connectivity index (χ3n) is 6.68. The number of nitrogens with two attached hydrogens (primary N) is 2. The zero-order valence-electron chi connectivity index (χ0n) is 18.0. The number of aromatic nitrogens is 4. The van der Waals surface area contributed by atoms with Crippen LogP contribution in [0.2, 0.25) is 0 Å². The van der Waals surface area contributed by atoms with Crippen LogP contribution in [0.3, 0.4) is 0 Å². The number of fused-ring (bicyclic) bond motifs is 1. The van der Waals surface area contributed by atoms with E-state index in [0.717, 1.165) is 0 Å². The number of anilines is 1. The zero-order chi connectivity index (χ0) is 23.1. The summed E-state index contributed by atoms with van der Waals surface area (Å²) in [6.07, 6.45) is 4.75. The number of nitrogens with zero attached hydrogens (tertiary/aromatic N) is 5. The van der Waals surface area contributed by atoms with Gasteiger partial charge < -0.3 is 35.9 Å². The first-order valence-corrected chi connectivity index (χ1v) is 10.7. The highest BCUT2D eigenvalue weighted by Crippen LogP contribution is 2.44. The highest BCUT2D eigenvalue weighted by atomic mass is 16.5. The van der Waals surface area contributed by atoms with E-state index in [1.54, 1.807) is 22.7 Å². The number of imidazole rings is 1. The van der Waals surface area contributed by atoms with E-state index in [1.165, 1.54) is 6.33 Å². The number of carbonyl (C=O) groups excluding carboxylic acids is 1. The van der Waals surface area contributed by atoms with E-state index in [2.05, 4.69) is 15.0 Å². The van der Waals surface area contributed by atoms with E-state index < -0.39 is 29.3 Å². The fourth-order valence-electron chi connectivity index (χ4n) is 4.78. The zero-order valence-corrected chi connectivity index (χ0v) is 18.0. The number of carboxylic acid groups (broad SMARTS) is 1. The summed E-state index contributed by atoms with van der Waals surface area (Å²) in [5.41, 5.74) is 10.8. The second-order valence-electron chi connectivity index (χ2n) is 8.99. The van der Waals surface area contributed by atoms with Crippen molar-refractivity contribution in [2.75, 3.05) is 25.4 Å². The number of aliphatic hydroxyl groups is 1. The first kappa shape index (κ1) is 22.4. The lowest BCUT2D eigenvalue weighted by Crippen LogP contribution is -2.58. The van der Waals surface area contributed by atoms with Crippen LogP contribution >= 0.6 is 0 Å². The molecule has 0 aliphatic carbocycles. The third-order valence-corrected chi connectivity index (χ3v) is 6.68. The number of aliphatic carboxylic acids is 1. The van der Waals surface area contributed by atoms with E-state index in [4.69, 9.17) is 21.3 Å². The standard InChI is InChI=1S/C20H29N7O5/c1-19(31)9-20(4-6-26(7-5-20)14(28)3-2-12(21)18(29)30)32-8-13(19)27-11-25-15-16(22)23-10-24-17(15)27/h10-13,31H,2-9,21H2,1H3,(H,29,30)(H2,22,23,24)/t12-,13+,19+/m0/s1. The van der Waals surface area contributed by atoms with Gasteiger partial charge in [0.1, 0.15) is 17.9 Å². The lowest BCUT2D eigenvalue weighted by atomic mass is 9.75. The van der Waals surface area contributed by atoms with Crippen molar-refractivity contribution in [2.24, 2.45) is 5.73 Å². The number of hydrogen-bond acceptors (Lipinski definition) is 9. The summed E-state index contributed by atoms with van der Waals surface area (Å²) in [6, 6.07) is -1.44. The summed E-state index contributed by atoms with van der Waals surface area (Å²) in [5, 5.41) is 20.2. The van der Waals surface area contributed by atoms with Crippen LogP contribution in [0.5, 0.6) is 0 Å². The number of rotatable bonds is 5. The van der Waals surface area contributed by atoms with Crippen LogP contribution in [-0.4, -0.2) is 83.4 Å². The average molecular weight is 447 g/mol. The summed E-state index contributed by atoms with van der Waals surface area (Å²) in [6.45, 7) is 3.02. The minimum atomic E-state index is -1.11. The van der Waals surface area contributed by atoms with Crippen molar-refractivity contribution < 1.29 is 24.5 Å². The number of ether oxygens (including phenoxy) is 1. The molecule has 4 heterocycles. The second-order valence-corrected chi connectivity index (χ2v) is 8.99. The number of piperidine rings is 1. The Morgan fingerprint density at radius 1 is 1.31 bits per heavy atom. The molecule has 0 bridgehead atoms. The minimum Gasteiger partial charge on any atom is -0.480 e. The maximum absolute atomic E-state index is 12.4. The van der Waals surface area contributed by atoms with Crippen LogP contribution in [0.25, 0.3) is 11.2 Å². The van der Waals surface area contributed by atoms with Gasteiger partial charge in [0.15, 0.2) is 11.5 Å². The van der Waals surface area contributed by atoms with E-state index in [0.29, 0.717) is 43.5 Å². The summed E-state index contributed by atoms with van der Waals surface area (Å²) in [5.74, 6) is -0.940. The third kappa shape index (κ3) is 4.12. The first-order chi connectivity index (χ1) is 15.1. The molecule has 4 rings (SSSR count). The summed E-state index contributed by atoms with van der Waals surface area (Å²) in [7, 11) is 0. The molecular weight excluding hydrogens is 418 g/mol. The molecule has 12 heteroatoms. The molecule has 32 heavy (non-hydrogen) atoms. The van der Waals surface area contributed by atoms with Gasteiger partial charge in [0.25, 0.3) is 0 Å². The Bertz CT molecular complexity index is 1010. The molecule has 0 unspecified atom stereocenters. The normalized spacial score (nSPS) is 26.3. The Labute approximate surface area is 184 Å². The van der Waals surface area contributed by atoms with Crippen molar-refractivity contribution in [1.29, 1.82) is 0 Å². The molecular formula is C20H29N7O5. The molecule has 2 saturated heterocycles. The SMILES string of the molecule is C[C@@]1(O)CC2(CCN(C(=O)CC[C@H](N)C(=O)O)CC2)OC[C@H]1n1cnc2c(N)ncnc21. The number of amides is 1. The smallest absolute Gasteiger partial charge is 0.320 e. The Balaban J connectivity index is 1.40. The van der Waals surface area contributed by atoms with E-state index in [9.17, 15) is 14.7 Å². The Hall–Kier alpha value is -2.83. The molecule has 2 aliphatic rings. The quantitative estimate of drug-likeness (QED) is 0.473. The van der Waals surface area contributed by atoms with Gasteiger partial charge in [-0.1, -0.05) is 0 Å². The molecule has 3 atom stereocenters. The number of nitrogen functional groups attached to an aromatic ring is 1. The average Bonchev–Trinajstić information content (AvgIpc) is 3.16. The predicted molar refractivity (Wildman–Crippen MR) is 113 cm³/mol. The minimum absolute atomic E-state index is 0.0970. The Morgan fingerprint density at radius 2 is 2.03 bits per heavy atom. The van der Waals surface area contributed by atoms with E-state index >= 15 is 0 Å². The van der Waals surface area contributed by atoms with Gasteiger partial charge in [-0.05, 0) is 26.2 Å². The van der Waals surface area contributed by atoms with Crippen molar-refractivity contribution in [1.82, 2.24) is 24.4 Å². The highest BCUT2D eigenvalue weighted by Gasteiger charge is 2.50. The van der Waals surface area contributed by atoms with Crippen molar-refractivity contribution in [3.05, 3.63) is 12.7 Å². The fraction of sp³-hybridized carbons (Fsp3) is 0.650. The maximum atomic E-state index is 12.4. The molecule has 0 radical (unpaired) electrons. The fourth-order valence-corrected chi connectivity index (χ4v) is 4.78. The summed E-state index contributed by atoms with van der Waals surface area (Å²) >= 11 is 0. The van der Waals surface area contributed by atoms with Crippen LogP contribution in [0.4, 0.5) is 5.82 Å². The van der Waals surface area contributed by atoms with Crippen molar-refractivity contribution in [3.8, 4) is 0 Å². The molecule has 2 aromatic rings. The van der Waals surface area contributed by atoms with Gasteiger partial charge >= 0.3 is 5.97 Å². The molecule has 0 saturated carbocycles. The van der Waals surface area contributed by atoms with Gasteiger partial charge in [0.05, 0.1) is 30.2 Å². The number of carbonyl (C=O) groups is 2. The van der Waals surface area contributed by atoms with Crippen molar-refractivity contribution >= 4 is 28.9 Å². The van der Waals surface area contributed by atoms with Crippen molar-refractivity contribution in [3.63, 3.8) is 0 Å². The van der Waals surface area contributed by atoms with Gasteiger partial charge in [-0.3, -0.25) is 9.59 Å². The molecule has 174 valence electrons. The second kappa shape index (κ2) is 8.26. The lowest BCUT2D eigenvalue weighted by molar-refractivity contribution is -0.197. The molecule has 1 amide bonds. The predicted octanol–water partition coefficient (Wildman–Crippen LogP) is -0.326. The van der Waals surface area contributed by atoms with E-state index in [-0.39, 0.29) is 31.2 Å². The lowest BCUT2D eigenvalue weighted by Gasteiger charge is -2.51. The van der Waals surface area contributed by atoms with Gasteiger partial charge in [-0.25, -0.2) is 15.0 Å². The van der Waals surface area contributed by atoms with Gasteiger partial charge in [0.2, 0.25) is 5.91 Å². The Kier molecular flexibility index (Phi) is 5.77. The monoisotopic (exact) mass is 447 g/mol. The first-order valence-electron chi connectivity index (χ1n) is 10.7. The van der Waals surface area contributed by atoms with Crippen LogP contribution in [0.15, 0.2) is 12.7 Å². The highest BCUT2D eigenvalue weighted by molar-refractivity contribution is 5.81. The molecule has 1 spiro atoms. The van der Waals surface area contributed by atoms with E-state index in [1.807, 2.05) is 0 Å². The topological polar surface area (TPSA) is 183 Å². The molecule has 2 aliphatic heterocycles. The Morgan fingerprint density at radius 3 is 2.69 bits per heavy atom. The van der Waals surface area contributed by atoms with Crippen LogP contribution in [-0.2, 0) is 14.3 Å². The van der Waals surface area contributed by atoms with Crippen molar-refractivity contribution in [2.45, 2.75) is 62.3 Å². The van der Waals surface area contributed by atoms with Gasteiger partial charge in [-0.2, -0.15) is 0 Å². The summed E-state index contributed by atoms with van der Waals surface area (Å²) in [4.78, 5) is 37.5.